The van der Waals surface area contributed by atoms with E-state index >= 15 is 0 Å². The van der Waals surface area contributed by atoms with Crippen LogP contribution >= 0.6 is 0 Å². The second-order valence-corrected chi connectivity index (χ2v) is 2.78. The third-order valence-electron chi connectivity index (χ3n) is 1.85. The van der Waals surface area contributed by atoms with E-state index in [1.165, 1.54) is 12.1 Å². The van der Waals surface area contributed by atoms with E-state index in [0.717, 1.165) is 11.1 Å². The lowest BCUT2D eigenvalue weighted by atomic mass is 10.1. The van der Waals surface area contributed by atoms with Crippen molar-refractivity contribution in [2.24, 2.45) is 5.11 Å². The van der Waals surface area contributed by atoms with Crippen LogP contribution in [0.2, 0.25) is 0 Å². The van der Waals surface area contributed by atoms with Gasteiger partial charge in [-0.2, -0.15) is 0 Å². The Kier molecular flexibility index (Phi) is 3.29. The largest absolute Gasteiger partial charge is 0.207 e. The fourth-order valence-electron chi connectivity index (χ4n) is 1.15. The van der Waals surface area contributed by atoms with Crippen molar-refractivity contribution in [3.8, 4) is 0 Å². The van der Waals surface area contributed by atoms with Gasteiger partial charge in [-0.1, -0.05) is 11.2 Å². The number of halogens is 1. The standard InChI is InChI=1S/C9H10FN3/c1-7-6-9(10)3-2-8(7)4-5-12-13-11/h2-3,6H,4-5H2,1H3. The maximum atomic E-state index is 12.7. The van der Waals surface area contributed by atoms with Gasteiger partial charge in [0.2, 0.25) is 0 Å². The lowest BCUT2D eigenvalue weighted by Crippen LogP contribution is -1.92. The Balaban J connectivity index is 2.71. The van der Waals surface area contributed by atoms with E-state index in [1.54, 1.807) is 6.07 Å². The van der Waals surface area contributed by atoms with Crippen molar-refractivity contribution in [3.05, 3.63) is 45.6 Å². The Bertz CT molecular complexity index is 343. The zero-order valence-electron chi connectivity index (χ0n) is 7.37. The van der Waals surface area contributed by atoms with Gasteiger partial charge in [0.1, 0.15) is 5.82 Å². The van der Waals surface area contributed by atoms with E-state index in [9.17, 15) is 4.39 Å². The Labute approximate surface area is 75.8 Å². The molecule has 1 rings (SSSR count). The van der Waals surface area contributed by atoms with Crippen LogP contribution in [0.25, 0.3) is 10.4 Å². The average molecular weight is 179 g/mol. The number of azide groups is 1. The molecular weight excluding hydrogens is 169 g/mol. The smallest absolute Gasteiger partial charge is 0.123 e. The minimum atomic E-state index is -0.231. The fourth-order valence-corrected chi connectivity index (χ4v) is 1.15. The Morgan fingerprint density at radius 2 is 2.31 bits per heavy atom. The van der Waals surface area contributed by atoms with E-state index < -0.39 is 0 Å². The van der Waals surface area contributed by atoms with E-state index in [1.807, 2.05) is 6.92 Å². The lowest BCUT2D eigenvalue weighted by molar-refractivity contribution is 0.625. The molecule has 0 radical (unpaired) electrons. The minimum absolute atomic E-state index is 0.231. The Morgan fingerprint density at radius 1 is 1.54 bits per heavy atom. The minimum Gasteiger partial charge on any atom is -0.207 e. The Hall–Kier alpha value is -1.54. The molecule has 13 heavy (non-hydrogen) atoms. The summed E-state index contributed by atoms with van der Waals surface area (Å²) in [5.41, 5.74) is 9.97. The number of hydrogen-bond acceptors (Lipinski definition) is 1. The van der Waals surface area contributed by atoms with Gasteiger partial charge in [0.05, 0.1) is 0 Å². The highest BCUT2D eigenvalue weighted by Crippen LogP contribution is 2.10. The van der Waals surface area contributed by atoms with Crippen LogP contribution < -0.4 is 0 Å². The second kappa shape index (κ2) is 4.48. The molecule has 4 heteroatoms. The molecule has 0 fully saturated rings. The molecule has 68 valence electrons. The van der Waals surface area contributed by atoms with Crippen LogP contribution in [0.1, 0.15) is 11.1 Å². The first-order chi connectivity index (χ1) is 6.24. The third-order valence-corrected chi connectivity index (χ3v) is 1.85. The normalized spacial score (nSPS) is 9.38. The molecule has 0 bridgehead atoms. The molecule has 0 aliphatic carbocycles. The first kappa shape index (κ1) is 9.55. The van der Waals surface area contributed by atoms with Crippen LogP contribution in [0.15, 0.2) is 23.3 Å². The quantitative estimate of drug-likeness (QED) is 0.389. The summed E-state index contributed by atoms with van der Waals surface area (Å²) in [5.74, 6) is -0.231. The predicted octanol–water partition coefficient (Wildman–Crippen LogP) is 2.99. The molecule has 0 aromatic heterocycles. The van der Waals surface area contributed by atoms with Crippen LogP contribution in [0.5, 0.6) is 0 Å². The maximum absolute atomic E-state index is 12.7. The SMILES string of the molecule is Cc1cc(F)ccc1CCN=[N+]=[N-]. The zero-order chi connectivity index (χ0) is 9.68. The van der Waals surface area contributed by atoms with Gasteiger partial charge >= 0.3 is 0 Å². The average Bonchev–Trinajstić information content (AvgIpc) is 2.09. The van der Waals surface area contributed by atoms with E-state index in [0.29, 0.717) is 13.0 Å². The molecule has 0 aliphatic heterocycles. The highest BCUT2D eigenvalue weighted by atomic mass is 19.1. The van der Waals surface area contributed by atoms with E-state index in [4.69, 9.17) is 5.53 Å². The molecule has 3 nitrogen and oxygen atoms in total. The highest BCUT2D eigenvalue weighted by molar-refractivity contribution is 5.26. The van der Waals surface area contributed by atoms with Gasteiger partial charge in [0.15, 0.2) is 0 Å². The maximum Gasteiger partial charge on any atom is 0.123 e. The molecule has 0 saturated heterocycles. The molecule has 0 spiro atoms. The number of hydrogen-bond donors (Lipinski definition) is 0. The highest BCUT2D eigenvalue weighted by Gasteiger charge is 1.98. The van der Waals surface area contributed by atoms with Crippen molar-refractivity contribution < 1.29 is 4.39 Å². The number of benzene rings is 1. The fraction of sp³-hybridized carbons (Fsp3) is 0.333. The summed E-state index contributed by atoms with van der Waals surface area (Å²) in [6, 6.07) is 4.61. The van der Waals surface area contributed by atoms with E-state index in [2.05, 4.69) is 10.0 Å². The van der Waals surface area contributed by atoms with Gasteiger partial charge in [0.25, 0.3) is 0 Å². The van der Waals surface area contributed by atoms with Gasteiger partial charge in [0, 0.05) is 11.5 Å². The number of nitrogens with zero attached hydrogens (tertiary/aromatic N) is 3. The number of aryl methyl sites for hydroxylation is 1. The summed E-state index contributed by atoms with van der Waals surface area (Å²) in [4.78, 5) is 2.65. The van der Waals surface area contributed by atoms with Crippen molar-refractivity contribution in [2.75, 3.05) is 6.54 Å². The van der Waals surface area contributed by atoms with Crippen LogP contribution in [-0.2, 0) is 6.42 Å². The summed E-state index contributed by atoms with van der Waals surface area (Å²) in [6.45, 7) is 2.26. The summed E-state index contributed by atoms with van der Waals surface area (Å²) < 4.78 is 12.7. The van der Waals surface area contributed by atoms with Gasteiger partial charge < -0.3 is 0 Å². The predicted molar refractivity (Wildman–Crippen MR) is 48.9 cm³/mol. The summed E-state index contributed by atoms with van der Waals surface area (Å²) in [6.07, 6.45) is 0.663. The molecule has 0 aliphatic rings. The summed E-state index contributed by atoms with van der Waals surface area (Å²) in [7, 11) is 0. The molecule has 0 N–H and O–H groups in total. The first-order valence-electron chi connectivity index (χ1n) is 4.00. The van der Waals surface area contributed by atoms with Gasteiger partial charge in [-0.05, 0) is 42.1 Å². The van der Waals surface area contributed by atoms with Crippen molar-refractivity contribution in [3.63, 3.8) is 0 Å². The van der Waals surface area contributed by atoms with Crippen molar-refractivity contribution >= 4 is 0 Å². The van der Waals surface area contributed by atoms with Crippen LogP contribution in [0.3, 0.4) is 0 Å². The van der Waals surface area contributed by atoms with Gasteiger partial charge in [-0.15, -0.1) is 0 Å². The molecule has 0 unspecified atom stereocenters. The molecule has 0 amide bonds. The van der Waals surface area contributed by atoms with Gasteiger partial charge in [-0.25, -0.2) is 4.39 Å². The second-order valence-electron chi connectivity index (χ2n) is 2.78. The number of rotatable bonds is 3. The monoisotopic (exact) mass is 179 g/mol. The first-order valence-corrected chi connectivity index (χ1v) is 4.00. The van der Waals surface area contributed by atoms with Crippen LogP contribution in [0, 0.1) is 12.7 Å². The summed E-state index contributed by atoms with van der Waals surface area (Å²) in [5, 5.41) is 3.42. The van der Waals surface area contributed by atoms with Crippen LogP contribution in [-0.4, -0.2) is 6.54 Å². The summed E-state index contributed by atoms with van der Waals surface area (Å²) >= 11 is 0. The molecule has 0 heterocycles. The molecule has 1 aromatic carbocycles. The lowest BCUT2D eigenvalue weighted by Gasteiger charge is -2.02. The van der Waals surface area contributed by atoms with Crippen molar-refractivity contribution in [1.82, 2.24) is 0 Å². The van der Waals surface area contributed by atoms with Gasteiger partial charge in [-0.3, -0.25) is 0 Å². The topological polar surface area (TPSA) is 48.8 Å². The van der Waals surface area contributed by atoms with Crippen LogP contribution in [0.4, 0.5) is 4.39 Å². The third kappa shape index (κ3) is 2.76. The molecule has 1 aromatic rings. The molecule has 0 atom stereocenters. The molecule has 0 saturated carbocycles. The van der Waals surface area contributed by atoms with E-state index in [-0.39, 0.29) is 5.82 Å². The molecular formula is C9H10FN3. The zero-order valence-corrected chi connectivity index (χ0v) is 7.37. The Morgan fingerprint density at radius 3 is 2.92 bits per heavy atom. The van der Waals surface area contributed by atoms with Crippen molar-refractivity contribution in [2.45, 2.75) is 13.3 Å². The van der Waals surface area contributed by atoms with Crippen molar-refractivity contribution in [1.29, 1.82) is 0 Å².